The number of furan rings is 1. The van der Waals surface area contributed by atoms with Crippen LogP contribution in [0, 0.1) is 0 Å². The van der Waals surface area contributed by atoms with Crippen molar-refractivity contribution in [1.29, 1.82) is 0 Å². The van der Waals surface area contributed by atoms with E-state index in [0.717, 1.165) is 0 Å². The molecule has 0 spiro atoms. The fraction of sp³-hybridized carbons (Fsp3) is 0.250. The predicted molar refractivity (Wildman–Crippen MR) is 107 cm³/mol. The molecule has 2 heterocycles. The van der Waals surface area contributed by atoms with Crippen molar-refractivity contribution in [1.82, 2.24) is 4.98 Å². The van der Waals surface area contributed by atoms with Crippen molar-refractivity contribution in [3.8, 4) is 22.3 Å². The summed E-state index contributed by atoms with van der Waals surface area (Å²) in [7, 11) is 3.03. The van der Waals surface area contributed by atoms with Crippen LogP contribution >= 0.6 is 11.3 Å². The molecule has 1 aromatic carbocycles. The number of nitrogens with zero attached hydrogens (tertiary/aromatic N) is 1. The maximum atomic E-state index is 12.3. The highest BCUT2D eigenvalue weighted by molar-refractivity contribution is 7.13. The Balaban J connectivity index is 1.54. The molecule has 152 valence electrons. The molecule has 1 amide bonds. The summed E-state index contributed by atoms with van der Waals surface area (Å²) in [6, 6.07) is 8.52. The van der Waals surface area contributed by atoms with Gasteiger partial charge in [-0.05, 0) is 31.2 Å². The summed E-state index contributed by atoms with van der Waals surface area (Å²) in [5.41, 5.74) is 1.05. The van der Waals surface area contributed by atoms with E-state index < -0.39 is 18.0 Å². The third-order valence-corrected chi connectivity index (χ3v) is 4.84. The summed E-state index contributed by atoms with van der Waals surface area (Å²) in [6.07, 6.45) is 0.549. The number of aromatic nitrogens is 1. The van der Waals surface area contributed by atoms with E-state index in [1.54, 1.807) is 42.0 Å². The van der Waals surface area contributed by atoms with Gasteiger partial charge in [0.2, 0.25) is 0 Å². The molecule has 0 aliphatic rings. The maximum absolute atomic E-state index is 12.3. The number of carbonyl (C=O) groups is 2. The summed E-state index contributed by atoms with van der Waals surface area (Å²) in [6.45, 7) is 1.50. The molecular formula is C20H20N2O6S. The van der Waals surface area contributed by atoms with Crippen LogP contribution in [-0.4, -0.2) is 37.2 Å². The average Bonchev–Trinajstić information content (AvgIpc) is 3.39. The molecule has 0 saturated heterocycles. The van der Waals surface area contributed by atoms with E-state index in [1.165, 1.54) is 32.5 Å². The van der Waals surface area contributed by atoms with Gasteiger partial charge in [0, 0.05) is 17.1 Å². The number of hydrogen-bond acceptors (Lipinski definition) is 8. The van der Waals surface area contributed by atoms with Crippen LogP contribution in [0.15, 0.2) is 46.4 Å². The Bertz CT molecular complexity index is 983. The van der Waals surface area contributed by atoms with Crippen molar-refractivity contribution in [2.24, 2.45) is 0 Å². The van der Waals surface area contributed by atoms with Crippen LogP contribution in [0.25, 0.3) is 10.8 Å². The molecule has 8 nitrogen and oxygen atoms in total. The van der Waals surface area contributed by atoms with Gasteiger partial charge in [-0.15, -0.1) is 11.3 Å². The molecule has 1 N–H and O–H groups in total. The molecule has 0 saturated carbocycles. The van der Waals surface area contributed by atoms with Crippen LogP contribution in [0.1, 0.15) is 12.6 Å². The van der Waals surface area contributed by atoms with Crippen molar-refractivity contribution in [2.75, 3.05) is 19.5 Å². The molecule has 1 atom stereocenters. The Morgan fingerprint density at radius 1 is 1.21 bits per heavy atom. The lowest BCUT2D eigenvalue weighted by Crippen LogP contribution is -2.30. The first kappa shape index (κ1) is 20.4. The van der Waals surface area contributed by atoms with Crippen LogP contribution in [0.5, 0.6) is 11.5 Å². The van der Waals surface area contributed by atoms with Gasteiger partial charge in [-0.3, -0.25) is 9.59 Å². The number of methoxy groups -OCH3 is 2. The van der Waals surface area contributed by atoms with E-state index >= 15 is 0 Å². The summed E-state index contributed by atoms with van der Waals surface area (Å²) < 4.78 is 20.9. The smallest absolute Gasteiger partial charge is 0.312 e. The molecule has 0 radical (unpaired) electrons. The van der Waals surface area contributed by atoms with Gasteiger partial charge in [0.15, 0.2) is 28.4 Å². The normalized spacial score (nSPS) is 11.6. The Labute approximate surface area is 171 Å². The van der Waals surface area contributed by atoms with Gasteiger partial charge in [-0.1, -0.05) is 0 Å². The van der Waals surface area contributed by atoms with Gasteiger partial charge < -0.3 is 23.9 Å². The topological polar surface area (TPSA) is 99.9 Å². The molecule has 0 bridgehead atoms. The van der Waals surface area contributed by atoms with Crippen LogP contribution in [0.2, 0.25) is 0 Å². The average molecular weight is 416 g/mol. The van der Waals surface area contributed by atoms with Crippen molar-refractivity contribution >= 4 is 28.9 Å². The Morgan fingerprint density at radius 2 is 2.00 bits per heavy atom. The van der Waals surface area contributed by atoms with E-state index in [9.17, 15) is 9.59 Å². The molecule has 2 aromatic heterocycles. The lowest BCUT2D eigenvalue weighted by molar-refractivity contribution is -0.152. The number of thiazole rings is 1. The van der Waals surface area contributed by atoms with E-state index in [0.29, 0.717) is 33.6 Å². The zero-order valence-corrected chi connectivity index (χ0v) is 16.9. The zero-order chi connectivity index (χ0) is 20.8. The standard InChI is InChI=1S/C20H20N2O6S/c1-12(19(24)21-13-6-7-15(25-2)17(9-13)26-3)28-18(23)10-14-11-29-20(22-14)16-5-4-8-27-16/h4-9,11-12H,10H2,1-3H3,(H,21,24)/t12-/m0/s1. The highest BCUT2D eigenvalue weighted by atomic mass is 32.1. The van der Waals surface area contributed by atoms with Gasteiger partial charge in [0.05, 0.1) is 32.6 Å². The van der Waals surface area contributed by atoms with Crippen molar-refractivity contribution in [3.63, 3.8) is 0 Å². The summed E-state index contributed by atoms with van der Waals surface area (Å²) in [5, 5.41) is 5.12. The minimum Gasteiger partial charge on any atom is -0.493 e. The van der Waals surface area contributed by atoms with Crippen LogP contribution in [0.3, 0.4) is 0 Å². The second-order valence-electron chi connectivity index (χ2n) is 5.99. The highest BCUT2D eigenvalue weighted by Crippen LogP contribution is 2.30. The second-order valence-corrected chi connectivity index (χ2v) is 6.85. The number of nitrogens with one attached hydrogen (secondary N) is 1. The van der Waals surface area contributed by atoms with Crippen molar-refractivity contribution in [2.45, 2.75) is 19.4 Å². The van der Waals surface area contributed by atoms with E-state index in [-0.39, 0.29) is 6.42 Å². The number of benzene rings is 1. The first-order valence-electron chi connectivity index (χ1n) is 8.70. The quantitative estimate of drug-likeness (QED) is 0.561. The first-order valence-corrected chi connectivity index (χ1v) is 9.58. The molecule has 9 heteroatoms. The third kappa shape index (κ3) is 5.14. The minimum atomic E-state index is -0.973. The third-order valence-electron chi connectivity index (χ3n) is 3.94. The Kier molecular flexibility index (Phi) is 6.50. The first-order chi connectivity index (χ1) is 14.0. The van der Waals surface area contributed by atoms with Crippen molar-refractivity contribution in [3.05, 3.63) is 47.7 Å². The second kappa shape index (κ2) is 9.24. The van der Waals surface area contributed by atoms with E-state index in [2.05, 4.69) is 10.3 Å². The van der Waals surface area contributed by atoms with Crippen LogP contribution in [0.4, 0.5) is 5.69 Å². The molecule has 3 aromatic rings. The molecule has 0 fully saturated rings. The van der Waals surface area contributed by atoms with Crippen molar-refractivity contribution < 1.29 is 28.2 Å². The van der Waals surface area contributed by atoms with Gasteiger partial charge in [0.25, 0.3) is 5.91 Å². The summed E-state index contributed by atoms with van der Waals surface area (Å²) in [5.74, 6) is 0.654. The fourth-order valence-corrected chi connectivity index (χ4v) is 3.29. The predicted octanol–water partition coefficient (Wildman–Crippen LogP) is 3.53. The van der Waals surface area contributed by atoms with Gasteiger partial charge in [-0.2, -0.15) is 0 Å². The van der Waals surface area contributed by atoms with E-state index in [1.807, 2.05) is 0 Å². The lowest BCUT2D eigenvalue weighted by Gasteiger charge is -2.14. The number of amides is 1. The van der Waals surface area contributed by atoms with E-state index in [4.69, 9.17) is 18.6 Å². The molecule has 29 heavy (non-hydrogen) atoms. The van der Waals surface area contributed by atoms with Gasteiger partial charge in [0.1, 0.15) is 0 Å². The largest absolute Gasteiger partial charge is 0.493 e. The lowest BCUT2D eigenvalue weighted by atomic mass is 10.2. The SMILES string of the molecule is COc1ccc(NC(=O)[C@H](C)OC(=O)Cc2csc(-c3ccco3)n2)cc1OC. The Hall–Kier alpha value is -3.33. The summed E-state index contributed by atoms with van der Waals surface area (Å²) >= 11 is 1.37. The van der Waals surface area contributed by atoms with Gasteiger partial charge >= 0.3 is 5.97 Å². The number of esters is 1. The molecule has 0 aliphatic carbocycles. The van der Waals surface area contributed by atoms with Crippen LogP contribution < -0.4 is 14.8 Å². The molecule has 0 unspecified atom stereocenters. The summed E-state index contributed by atoms with van der Waals surface area (Å²) in [4.78, 5) is 28.8. The Morgan fingerprint density at radius 3 is 2.69 bits per heavy atom. The number of hydrogen-bond donors (Lipinski definition) is 1. The zero-order valence-electron chi connectivity index (χ0n) is 16.1. The number of carbonyl (C=O) groups excluding carboxylic acids is 2. The molecular weight excluding hydrogens is 396 g/mol. The molecule has 0 aliphatic heterocycles. The number of anilines is 1. The highest BCUT2D eigenvalue weighted by Gasteiger charge is 2.20. The number of rotatable bonds is 8. The molecule has 3 rings (SSSR count). The van der Waals surface area contributed by atoms with Crippen LogP contribution in [-0.2, 0) is 20.7 Å². The number of ether oxygens (including phenoxy) is 3. The van der Waals surface area contributed by atoms with Gasteiger partial charge in [-0.25, -0.2) is 4.98 Å². The minimum absolute atomic E-state index is 0.0365. The monoisotopic (exact) mass is 416 g/mol. The fourth-order valence-electron chi connectivity index (χ4n) is 2.50. The maximum Gasteiger partial charge on any atom is 0.312 e.